The fourth-order valence-corrected chi connectivity index (χ4v) is 7.50. The number of carbonyl (C=O) groups excluding carboxylic acids is 2. The number of hydrogen-bond donors (Lipinski definition) is 1. The molecule has 4 heterocycles. The van der Waals surface area contributed by atoms with Gasteiger partial charge in [-0.1, -0.05) is 74.5 Å². The molecule has 7 nitrogen and oxygen atoms in total. The molecule has 0 aliphatic carbocycles. The van der Waals surface area contributed by atoms with Crippen LogP contribution >= 0.6 is 0 Å². The van der Waals surface area contributed by atoms with E-state index in [9.17, 15) is 14.4 Å². The largest absolute Gasteiger partial charge is 0.297 e. The minimum absolute atomic E-state index is 0.177. The molecular formula is C34H28N4O3. The number of hydrogen-bond acceptors (Lipinski definition) is 5. The van der Waals surface area contributed by atoms with Crippen LogP contribution in [0.5, 0.6) is 0 Å². The van der Waals surface area contributed by atoms with E-state index in [1.165, 1.54) is 4.90 Å². The lowest BCUT2D eigenvalue weighted by molar-refractivity contribution is -0.123. The second kappa shape index (κ2) is 8.44. The van der Waals surface area contributed by atoms with Gasteiger partial charge in [-0.05, 0) is 53.4 Å². The number of imide groups is 1. The number of amides is 2. The number of nitrogens with zero attached hydrogens (tertiary/aromatic N) is 3. The second-order valence-corrected chi connectivity index (χ2v) is 11.8. The summed E-state index contributed by atoms with van der Waals surface area (Å²) in [5, 5.41) is 6.30. The van der Waals surface area contributed by atoms with Crippen LogP contribution in [0.4, 0.5) is 5.69 Å². The molecule has 1 aromatic heterocycles. The lowest BCUT2D eigenvalue weighted by Gasteiger charge is -2.32. The minimum atomic E-state index is -1.12. The highest BCUT2D eigenvalue weighted by atomic mass is 16.2. The van der Waals surface area contributed by atoms with Gasteiger partial charge in [-0.15, -0.1) is 0 Å². The van der Waals surface area contributed by atoms with E-state index in [4.69, 9.17) is 4.98 Å². The monoisotopic (exact) mass is 540 g/mol. The number of anilines is 1. The molecule has 2 saturated heterocycles. The maximum absolute atomic E-state index is 14.6. The van der Waals surface area contributed by atoms with Crippen molar-refractivity contribution in [1.29, 1.82) is 0 Å². The maximum Gasteiger partial charge on any atom is 0.266 e. The Morgan fingerprint density at radius 2 is 1.59 bits per heavy atom. The van der Waals surface area contributed by atoms with Crippen molar-refractivity contribution in [2.45, 2.75) is 31.8 Å². The zero-order chi connectivity index (χ0) is 28.0. The Labute approximate surface area is 236 Å². The molecule has 202 valence electrons. The maximum atomic E-state index is 14.6. The van der Waals surface area contributed by atoms with Crippen molar-refractivity contribution in [1.82, 2.24) is 14.9 Å². The van der Waals surface area contributed by atoms with Gasteiger partial charge in [-0.25, -0.2) is 9.88 Å². The Morgan fingerprint density at radius 3 is 2.41 bits per heavy atom. The summed E-state index contributed by atoms with van der Waals surface area (Å²) in [6, 6.07) is 28.3. The van der Waals surface area contributed by atoms with Crippen LogP contribution in [0, 0.1) is 17.8 Å². The smallest absolute Gasteiger partial charge is 0.266 e. The summed E-state index contributed by atoms with van der Waals surface area (Å²) in [6.45, 7) is 4.24. The topological polar surface area (TPSA) is 84.3 Å². The molecule has 3 aliphatic rings. The van der Waals surface area contributed by atoms with Crippen molar-refractivity contribution >= 4 is 39.2 Å². The van der Waals surface area contributed by atoms with Gasteiger partial charge in [0.1, 0.15) is 11.4 Å². The average Bonchev–Trinajstić information content (AvgIpc) is 3.55. The Morgan fingerprint density at radius 1 is 0.854 bits per heavy atom. The van der Waals surface area contributed by atoms with Crippen LogP contribution in [-0.2, 0) is 15.1 Å². The molecule has 0 unspecified atom stereocenters. The van der Waals surface area contributed by atoms with E-state index in [-0.39, 0.29) is 29.3 Å². The molecule has 2 fully saturated rings. The van der Waals surface area contributed by atoms with E-state index in [0.717, 1.165) is 16.3 Å². The fraction of sp³-hybridized carbons (Fsp3) is 0.235. The van der Waals surface area contributed by atoms with Crippen LogP contribution in [-0.4, -0.2) is 27.4 Å². The van der Waals surface area contributed by atoms with Crippen LogP contribution in [0.15, 0.2) is 95.8 Å². The summed E-state index contributed by atoms with van der Waals surface area (Å²) in [5.41, 5.74) is 1.35. The van der Waals surface area contributed by atoms with Crippen LogP contribution < -0.4 is 15.8 Å². The van der Waals surface area contributed by atoms with Gasteiger partial charge in [0, 0.05) is 11.6 Å². The van der Waals surface area contributed by atoms with E-state index >= 15 is 0 Å². The van der Waals surface area contributed by atoms with Gasteiger partial charge in [0.05, 0.1) is 34.1 Å². The average molecular weight is 541 g/mol. The summed E-state index contributed by atoms with van der Waals surface area (Å²) < 4.78 is 1.65. The number of para-hydroxylation sites is 2. The van der Waals surface area contributed by atoms with Gasteiger partial charge in [0.15, 0.2) is 0 Å². The van der Waals surface area contributed by atoms with Gasteiger partial charge >= 0.3 is 0 Å². The van der Waals surface area contributed by atoms with Crippen LogP contribution in [0.25, 0.3) is 27.4 Å². The van der Waals surface area contributed by atoms with Gasteiger partial charge in [0.2, 0.25) is 11.8 Å². The SMILES string of the molecule is CC(C)C[C@H]1N[C@]2(c3ccccc3-n3c2nc2ccccc2c3=O)[C@H]2C(=O)N(c3ccc4ccccc4c3)C(=O)[C@@H]12. The van der Waals surface area contributed by atoms with Crippen LogP contribution in [0.1, 0.15) is 31.7 Å². The first-order chi connectivity index (χ1) is 19.9. The van der Waals surface area contributed by atoms with Crippen LogP contribution in [0.3, 0.4) is 0 Å². The first-order valence-electron chi connectivity index (χ1n) is 14.2. The van der Waals surface area contributed by atoms with Gasteiger partial charge in [-0.3, -0.25) is 24.3 Å². The Bertz CT molecular complexity index is 2000. The van der Waals surface area contributed by atoms with Crippen molar-refractivity contribution in [2.24, 2.45) is 17.8 Å². The lowest BCUT2D eigenvalue weighted by Crippen LogP contribution is -2.50. The number of carbonyl (C=O) groups is 2. The van der Waals surface area contributed by atoms with Crippen LogP contribution in [0.2, 0.25) is 0 Å². The number of rotatable bonds is 3. The molecular weight excluding hydrogens is 512 g/mol. The Balaban J connectivity index is 1.39. The fourth-order valence-electron chi connectivity index (χ4n) is 7.50. The summed E-state index contributed by atoms with van der Waals surface area (Å²) in [7, 11) is 0. The molecule has 5 aromatic rings. The Hall–Kier alpha value is -4.62. The Kier molecular flexibility index (Phi) is 4.98. The molecule has 3 aliphatic heterocycles. The summed E-state index contributed by atoms with van der Waals surface area (Å²) in [4.78, 5) is 49.4. The molecule has 8 rings (SSSR count). The highest BCUT2D eigenvalue weighted by molar-refractivity contribution is 6.23. The van der Waals surface area contributed by atoms with E-state index in [0.29, 0.717) is 34.5 Å². The van der Waals surface area contributed by atoms with E-state index < -0.39 is 17.4 Å². The zero-order valence-electron chi connectivity index (χ0n) is 22.7. The first kappa shape index (κ1) is 24.2. The van der Waals surface area contributed by atoms with Crippen molar-refractivity contribution < 1.29 is 9.59 Å². The molecule has 0 bridgehead atoms. The lowest BCUT2D eigenvalue weighted by atomic mass is 9.75. The molecule has 7 heteroatoms. The van der Waals surface area contributed by atoms with Crippen molar-refractivity contribution in [2.75, 3.05) is 4.90 Å². The van der Waals surface area contributed by atoms with E-state index in [2.05, 4.69) is 19.2 Å². The van der Waals surface area contributed by atoms with Gasteiger partial charge in [-0.2, -0.15) is 0 Å². The van der Waals surface area contributed by atoms with E-state index in [1.807, 2.05) is 84.9 Å². The third-order valence-corrected chi connectivity index (χ3v) is 9.08. The first-order valence-corrected chi connectivity index (χ1v) is 14.2. The minimum Gasteiger partial charge on any atom is -0.297 e. The van der Waals surface area contributed by atoms with Crippen molar-refractivity contribution in [3.63, 3.8) is 0 Å². The molecule has 0 radical (unpaired) electrons. The molecule has 4 aromatic carbocycles. The number of aromatic nitrogens is 2. The predicted molar refractivity (Wildman–Crippen MR) is 158 cm³/mol. The third-order valence-electron chi connectivity index (χ3n) is 9.08. The molecule has 4 atom stereocenters. The molecule has 1 spiro atoms. The number of fused-ring (bicyclic) bond motifs is 9. The summed E-state index contributed by atoms with van der Waals surface area (Å²) in [5.74, 6) is -1.06. The molecule has 41 heavy (non-hydrogen) atoms. The summed E-state index contributed by atoms with van der Waals surface area (Å²) in [6.07, 6.45) is 0.702. The number of nitrogens with one attached hydrogen (secondary N) is 1. The predicted octanol–water partition coefficient (Wildman–Crippen LogP) is 4.92. The van der Waals surface area contributed by atoms with Gasteiger partial charge in [0.25, 0.3) is 5.56 Å². The second-order valence-electron chi connectivity index (χ2n) is 11.8. The van der Waals surface area contributed by atoms with Gasteiger partial charge < -0.3 is 0 Å². The van der Waals surface area contributed by atoms with E-state index in [1.54, 1.807) is 10.6 Å². The van der Waals surface area contributed by atoms with Crippen molar-refractivity contribution in [3.05, 3.63) is 113 Å². The standard InChI is InChI=1S/C34H28N4O3/c1-19(2)17-26-28-29(32(41)37(31(28)40)22-16-15-20-9-3-4-10-21(20)18-22)34(36-26)24-12-6-8-14-27(24)38-30(39)23-11-5-7-13-25(23)35-33(34)38/h3-16,18-19,26,28-29,36H,17H2,1-2H3/t26-,28+,29-,34-/m1/s1. The number of benzene rings is 4. The highest BCUT2D eigenvalue weighted by Crippen LogP contribution is 2.56. The normalized spacial score (nSPS) is 24.6. The molecule has 1 N–H and O–H groups in total. The zero-order valence-corrected chi connectivity index (χ0v) is 22.7. The highest BCUT2D eigenvalue weighted by Gasteiger charge is 2.69. The molecule has 0 saturated carbocycles. The van der Waals surface area contributed by atoms with Crippen molar-refractivity contribution in [3.8, 4) is 5.69 Å². The molecule has 2 amide bonds. The third kappa shape index (κ3) is 3.12. The quantitative estimate of drug-likeness (QED) is 0.329. The summed E-state index contributed by atoms with van der Waals surface area (Å²) >= 11 is 0.